The van der Waals surface area contributed by atoms with Crippen LogP contribution >= 0.6 is 0 Å². The SMILES string of the molecule is Cc1ccccc1CS(=O)(=O)N1CCOC(C)C1C. The number of sulfonamides is 1. The van der Waals surface area contributed by atoms with Gasteiger partial charge in [0.1, 0.15) is 0 Å². The summed E-state index contributed by atoms with van der Waals surface area (Å²) in [5, 5.41) is 0. The quantitative estimate of drug-likeness (QED) is 0.851. The highest BCUT2D eigenvalue weighted by Crippen LogP contribution is 2.21. The van der Waals surface area contributed by atoms with Crippen LogP contribution in [0.15, 0.2) is 24.3 Å². The molecule has 4 nitrogen and oxygen atoms in total. The minimum absolute atomic E-state index is 0.0552. The smallest absolute Gasteiger partial charge is 0.218 e. The lowest BCUT2D eigenvalue weighted by atomic mass is 10.1. The highest BCUT2D eigenvalue weighted by molar-refractivity contribution is 7.88. The van der Waals surface area contributed by atoms with Crippen molar-refractivity contribution in [2.24, 2.45) is 0 Å². The molecule has 1 aromatic carbocycles. The van der Waals surface area contributed by atoms with Crippen LogP contribution in [0.3, 0.4) is 0 Å². The molecule has 1 heterocycles. The van der Waals surface area contributed by atoms with Crippen LogP contribution in [0.25, 0.3) is 0 Å². The van der Waals surface area contributed by atoms with Gasteiger partial charge >= 0.3 is 0 Å². The van der Waals surface area contributed by atoms with E-state index in [0.29, 0.717) is 13.2 Å². The highest BCUT2D eigenvalue weighted by Gasteiger charge is 2.34. The molecule has 0 aromatic heterocycles. The monoisotopic (exact) mass is 283 g/mol. The Kier molecular flexibility index (Phi) is 4.28. The number of benzene rings is 1. The van der Waals surface area contributed by atoms with Crippen LogP contribution in [0.1, 0.15) is 25.0 Å². The Bertz CT molecular complexity index is 541. The minimum atomic E-state index is -3.29. The first kappa shape index (κ1) is 14.5. The molecule has 0 amide bonds. The summed E-state index contributed by atoms with van der Waals surface area (Å²) in [5.74, 6) is 0.0662. The summed E-state index contributed by atoms with van der Waals surface area (Å²) in [6, 6.07) is 7.51. The zero-order chi connectivity index (χ0) is 14.0. The topological polar surface area (TPSA) is 46.6 Å². The van der Waals surface area contributed by atoms with Gasteiger partial charge in [-0.25, -0.2) is 8.42 Å². The predicted octanol–water partition coefficient (Wildman–Crippen LogP) is 1.93. The average Bonchev–Trinajstić information content (AvgIpc) is 2.35. The lowest BCUT2D eigenvalue weighted by molar-refractivity contribution is -0.0232. The fraction of sp³-hybridized carbons (Fsp3) is 0.571. The van der Waals surface area contributed by atoms with Gasteiger partial charge in [0.2, 0.25) is 10.0 Å². The molecule has 0 aliphatic carbocycles. The van der Waals surface area contributed by atoms with Gasteiger partial charge in [-0.15, -0.1) is 0 Å². The van der Waals surface area contributed by atoms with E-state index < -0.39 is 10.0 Å². The number of morpholine rings is 1. The summed E-state index contributed by atoms with van der Waals surface area (Å²) < 4.78 is 32.1. The maximum Gasteiger partial charge on any atom is 0.218 e. The third-order valence-corrected chi connectivity index (χ3v) is 5.69. The van der Waals surface area contributed by atoms with E-state index in [1.54, 1.807) is 4.31 Å². The molecule has 1 fully saturated rings. The molecule has 0 spiro atoms. The summed E-state index contributed by atoms with van der Waals surface area (Å²) in [7, 11) is -3.29. The second-order valence-electron chi connectivity index (χ2n) is 5.11. The van der Waals surface area contributed by atoms with Gasteiger partial charge in [0.05, 0.1) is 18.5 Å². The van der Waals surface area contributed by atoms with Crippen LogP contribution in [0, 0.1) is 6.92 Å². The van der Waals surface area contributed by atoms with Gasteiger partial charge in [0.15, 0.2) is 0 Å². The Morgan fingerprint density at radius 3 is 2.68 bits per heavy atom. The molecular weight excluding hydrogens is 262 g/mol. The third-order valence-electron chi connectivity index (χ3n) is 3.78. The van der Waals surface area contributed by atoms with E-state index in [-0.39, 0.29) is 17.9 Å². The second-order valence-corrected chi connectivity index (χ2v) is 7.03. The molecule has 2 atom stereocenters. The zero-order valence-corrected chi connectivity index (χ0v) is 12.5. The van der Waals surface area contributed by atoms with Gasteiger partial charge in [0, 0.05) is 12.6 Å². The van der Waals surface area contributed by atoms with Gasteiger partial charge in [-0.3, -0.25) is 0 Å². The molecule has 106 valence electrons. The first-order valence-corrected chi connectivity index (χ1v) is 8.18. The van der Waals surface area contributed by atoms with Gasteiger partial charge < -0.3 is 4.74 Å². The standard InChI is InChI=1S/C14H21NO3S/c1-11-6-4-5-7-14(11)10-19(16,17)15-8-9-18-13(3)12(15)2/h4-7,12-13H,8-10H2,1-3H3. The fourth-order valence-corrected chi connectivity index (χ4v) is 4.26. The van der Waals surface area contributed by atoms with Crippen LogP contribution < -0.4 is 0 Å². The van der Waals surface area contributed by atoms with E-state index in [0.717, 1.165) is 11.1 Å². The van der Waals surface area contributed by atoms with Gasteiger partial charge in [-0.2, -0.15) is 4.31 Å². The maximum atomic E-state index is 12.5. The Labute approximate surface area is 115 Å². The Morgan fingerprint density at radius 1 is 1.32 bits per heavy atom. The molecule has 2 unspecified atom stereocenters. The fourth-order valence-electron chi connectivity index (χ4n) is 2.35. The van der Waals surface area contributed by atoms with Crippen molar-refractivity contribution in [3.8, 4) is 0 Å². The van der Waals surface area contributed by atoms with Crippen LogP contribution in [0.4, 0.5) is 0 Å². The minimum Gasteiger partial charge on any atom is -0.375 e. The Morgan fingerprint density at radius 2 is 2.00 bits per heavy atom. The van der Waals surface area contributed by atoms with E-state index in [9.17, 15) is 8.42 Å². The molecule has 0 saturated carbocycles. The number of nitrogens with zero attached hydrogens (tertiary/aromatic N) is 1. The normalized spacial score (nSPS) is 25.4. The van der Waals surface area contributed by atoms with E-state index in [2.05, 4.69) is 0 Å². The number of ether oxygens (including phenoxy) is 1. The van der Waals surface area contributed by atoms with Gasteiger partial charge in [0.25, 0.3) is 0 Å². The average molecular weight is 283 g/mol. The molecule has 1 aliphatic rings. The molecule has 19 heavy (non-hydrogen) atoms. The first-order chi connectivity index (χ1) is 8.92. The van der Waals surface area contributed by atoms with E-state index in [1.807, 2.05) is 45.0 Å². The van der Waals surface area contributed by atoms with Gasteiger partial charge in [-0.1, -0.05) is 24.3 Å². The Hall–Kier alpha value is -0.910. The summed E-state index contributed by atoms with van der Waals surface area (Å²) in [6.07, 6.45) is -0.0552. The summed E-state index contributed by atoms with van der Waals surface area (Å²) in [5.41, 5.74) is 1.88. The molecule has 2 rings (SSSR count). The van der Waals surface area contributed by atoms with E-state index >= 15 is 0 Å². The lowest BCUT2D eigenvalue weighted by Crippen LogP contribution is -2.51. The lowest BCUT2D eigenvalue weighted by Gasteiger charge is -2.36. The summed E-state index contributed by atoms with van der Waals surface area (Å²) >= 11 is 0. The van der Waals surface area contributed by atoms with Crippen molar-refractivity contribution in [3.05, 3.63) is 35.4 Å². The van der Waals surface area contributed by atoms with Crippen molar-refractivity contribution >= 4 is 10.0 Å². The molecule has 1 saturated heterocycles. The van der Waals surface area contributed by atoms with Crippen LogP contribution in [-0.4, -0.2) is 38.0 Å². The first-order valence-electron chi connectivity index (χ1n) is 6.57. The number of hydrogen-bond donors (Lipinski definition) is 0. The molecule has 0 radical (unpaired) electrons. The zero-order valence-electron chi connectivity index (χ0n) is 11.7. The van der Waals surface area contributed by atoms with E-state index in [1.165, 1.54) is 0 Å². The third kappa shape index (κ3) is 3.16. The molecular formula is C14H21NO3S. The number of aryl methyl sites for hydroxylation is 1. The second kappa shape index (κ2) is 5.61. The predicted molar refractivity (Wildman–Crippen MR) is 75.4 cm³/mol. The highest BCUT2D eigenvalue weighted by atomic mass is 32.2. The van der Waals surface area contributed by atoms with Gasteiger partial charge in [-0.05, 0) is 31.9 Å². The van der Waals surface area contributed by atoms with Crippen molar-refractivity contribution in [1.29, 1.82) is 0 Å². The number of hydrogen-bond acceptors (Lipinski definition) is 3. The van der Waals surface area contributed by atoms with Crippen LogP contribution in [0.2, 0.25) is 0 Å². The van der Waals surface area contributed by atoms with Crippen LogP contribution in [-0.2, 0) is 20.5 Å². The van der Waals surface area contributed by atoms with Crippen molar-refractivity contribution in [3.63, 3.8) is 0 Å². The van der Waals surface area contributed by atoms with Crippen LogP contribution in [0.5, 0.6) is 0 Å². The molecule has 1 aliphatic heterocycles. The van der Waals surface area contributed by atoms with Crippen molar-refractivity contribution in [2.75, 3.05) is 13.2 Å². The molecule has 5 heteroatoms. The molecule has 1 aromatic rings. The largest absolute Gasteiger partial charge is 0.375 e. The van der Waals surface area contributed by atoms with Crippen molar-refractivity contribution < 1.29 is 13.2 Å². The summed E-state index contributed by atoms with van der Waals surface area (Å²) in [6.45, 7) is 6.67. The van der Waals surface area contributed by atoms with Crippen molar-refractivity contribution in [2.45, 2.75) is 38.7 Å². The van der Waals surface area contributed by atoms with Crippen molar-refractivity contribution in [1.82, 2.24) is 4.31 Å². The summed E-state index contributed by atoms with van der Waals surface area (Å²) in [4.78, 5) is 0. The number of rotatable bonds is 3. The Balaban J connectivity index is 2.21. The van der Waals surface area contributed by atoms with E-state index in [4.69, 9.17) is 4.74 Å². The maximum absolute atomic E-state index is 12.5. The molecule has 0 N–H and O–H groups in total. The molecule has 0 bridgehead atoms.